The maximum Gasteiger partial charge on any atom is 0.257 e. The van der Waals surface area contributed by atoms with Gasteiger partial charge in [0.25, 0.3) is 5.91 Å². The first-order chi connectivity index (χ1) is 11.4. The highest BCUT2D eigenvalue weighted by Gasteiger charge is 2.11. The van der Waals surface area contributed by atoms with Crippen molar-refractivity contribution in [3.8, 4) is 11.5 Å². The molecular formula is C16H14Cl2N2O3S. The van der Waals surface area contributed by atoms with Crippen molar-refractivity contribution < 1.29 is 14.3 Å². The molecule has 5 nitrogen and oxygen atoms in total. The standard InChI is InChI=1S/C16H14Cl2N2O3S/c1-22-13-4-3-12(8-14(13)23-2)19-16(24)20-15(21)9-5-10(17)7-11(18)6-9/h3-8H,1-2H3,(H2,19,20,21,24). The summed E-state index contributed by atoms with van der Waals surface area (Å²) in [6, 6.07) is 9.72. The van der Waals surface area contributed by atoms with E-state index in [1.165, 1.54) is 19.2 Å². The lowest BCUT2D eigenvalue weighted by Gasteiger charge is -2.12. The minimum atomic E-state index is -0.419. The SMILES string of the molecule is COc1ccc(NC(=S)NC(=O)c2cc(Cl)cc(Cl)c2)cc1OC. The predicted octanol–water partition coefficient (Wildman–Crippen LogP) is 4.14. The van der Waals surface area contributed by atoms with Crippen LogP contribution in [0.5, 0.6) is 11.5 Å². The van der Waals surface area contributed by atoms with Gasteiger partial charge >= 0.3 is 0 Å². The van der Waals surface area contributed by atoms with Crippen LogP contribution in [-0.2, 0) is 0 Å². The third-order valence-electron chi connectivity index (χ3n) is 2.99. The zero-order chi connectivity index (χ0) is 17.7. The zero-order valence-corrected chi connectivity index (χ0v) is 15.2. The first-order valence-corrected chi connectivity index (χ1v) is 7.90. The van der Waals surface area contributed by atoms with Gasteiger partial charge in [0.05, 0.1) is 14.2 Å². The van der Waals surface area contributed by atoms with Crippen molar-refractivity contribution in [3.63, 3.8) is 0 Å². The molecule has 24 heavy (non-hydrogen) atoms. The number of rotatable bonds is 4. The third-order valence-corrected chi connectivity index (χ3v) is 3.63. The number of carbonyl (C=O) groups is 1. The minimum absolute atomic E-state index is 0.128. The van der Waals surface area contributed by atoms with Crippen LogP contribution in [0.4, 0.5) is 5.69 Å². The largest absolute Gasteiger partial charge is 0.493 e. The molecule has 0 aliphatic carbocycles. The van der Waals surface area contributed by atoms with E-state index in [1.807, 2.05) is 0 Å². The molecule has 0 aliphatic rings. The van der Waals surface area contributed by atoms with Crippen LogP contribution in [0.1, 0.15) is 10.4 Å². The minimum Gasteiger partial charge on any atom is -0.493 e. The third kappa shape index (κ3) is 4.74. The van der Waals surface area contributed by atoms with Crippen LogP contribution >= 0.6 is 35.4 Å². The maximum absolute atomic E-state index is 12.2. The van der Waals surface area contributed by atoms with Crippen molar-refractivity contribution in [1.82, 2.24) is 5.32 Å². The first kappa shape index (κ1) is 18.3. The zero-order valence-electron chi connectivity index (χ0n) is 12.9. The number of anilines is 1. The summed E-state index contributed by atoms with van der Waals surface area (Å²) in [5, 5.41) is 6.32. The van der Waals surface area contributed by atoms with Crippen LogP contribution in [0.3, 0.4) is 0 Å². The van der Waals surface area contributed by atoms with Gasteiger partial charge in [0.2, 0.25) is 0 Å². The average Bonchev–Trinajstić information content (AvgIpc) is 2.53. The van der Waals surface area contributed by atoms with E-state index in [-0.39, 0.29) is 5.11 Å². The number of methoxy groups -OCH3 is 2. The van der Waals surface area contributed by atoms with Crippen molar-refractivity contribution in [2.45, 2.75) is 0 Å². The molecule has 2 aromatic carbocycles. The van der Waals surface area contributed by atoms with Gasteiger partial charge < -0.3 is 14.8 Å². The Hall–Kier alpha value is -2.02. The molecule has 126 valence electrons. The lowest BCUT2D eigenvalue weighted by atomic mass is 10.2. The van der Waals surface area contributed by atoms with E-state index in [2.05, 4.69) is 10.6 Å². The van der Waals surface area contributed by atoms with Gasteiger partial charge in [-0.1, -0.05) is 23.2 Å². The summed E-state index contributed by atoms with van der Waals surface area (Å²) in [5.41, 5.74) is 0.950. The molecule has 0 aromatic heterocycles. The Bertz CT molecular complexity index is 764. The fourth-order valence-corrected chi connectivity index (χ4v) is 2.67. The first-order valence-electron chi connectivity index (χ1n) is 6.73. The Morgan fingerprint density at radius 1 is 1.00 bits per heavy atom. The summed E-state index contributed by atoms with van der Waals surface area (Å²) in [7, 11) is 3.08. The van der Waals surface area contributed by atoms with E-state index in [0.29, 0.717) is 32.8 Å². The monoisotopic (exact) mass is 384 g/mol. The van der Waals surface area contributed by atoms with Gasteiger partial charge in [0, 0.05) is 27.4 Å². The number of halogens is 2. The van der Waals surface area contributed by atoms with Crippen LogP contribution < -0.4 is 20.1 Å². The molecule has 0 saturated carbocycles. The smallest absolute Gasteiger partial charge is 0.257 e. The van der Waals surface area contributed by atoms with Crippen molar-refractivity contribution >= 4 is 52.1 Å². The van der Waals surface area contributed by atoms with E-state index in [0.717, 1.165) is 0 Å². The molecule has 0 heterocycles. The van der Waals surface area contributed by atoms with Gasteiger partial charge in [0.1, 0.15) is 0 Å². The summed E-state index contributed by atoms with van der Waals surface area (Å²) in [5.74, 6) is 0.710. The lowest BCUT2D eigenvalue weighted by Crippen LogP contribution is -2.34. The number of hydrogen-bond donors (Lipinski definition) is 2. The molecule has 2 N–H and O–H groups in total. The van der Waals surface area contributed by atoms with Gasteiger partial charge in [-0.05, 0) is 42.5 Å². The topological polar surface area (TPSA) is 59.6 Å². The molecule has 0 saturated heterocycles. The molecule has 2 rings (SSSR count). The van der Waals surface area contributed by atoms with Gasteiger partial charge in [-0.3, -0.25) is 10.1 Å². The molecule has 0 spiro atoms. The highest BCUT2D eigenvalue weighted by atomic mass is 35.5. The molecule has 0 unspecified atom stereocenters. The number of benzene rings is 2. The molecule has 0 radical (unpaired) electrons. The molecule has 0 bridgehead atoms. The highest BCUT2D eigenvalue weighted by molar-refractivity contribution is 7.80. The lowest BCUT2D eigenvalue weighted by molar-refractivity contribution is 0.0977. The van der Waals surface area contributed by atoms with Gasteiger partial charge in [-0.2, -0.15) is 0 Å². The summed E-state index contributed by atoms with van der Waals surface area (Å²) in [4.78, 5) is 12.2. The van der Waals surface area contributed by atoms with Crippen LogP contribution in [0.25, 0.3) is 0 Å². The van der Waals surface area contributed by atoms with E-state index < -0.39 is 5.91 Å². The normalized spacial score (nSPS) is 10.0. The predicted molar refractivity (Wildman–Crippen MR) is 99.7 cm³/mol. The molecule has 8 heteroatoms. The molecular weight excluding hydrogens is 371 g/mol. The fraction of sp³-hybridized carbons (Fsp3) is 0.125. The van der Waals surface area contributed by atoms with E-state index in [1.54, 1.807) is 31.4 Å². The van der Waals surface area contributed by atoms with Crippen LogP contribution in [-0.4, -0.2) is 25.2 Å². The second-order valence-electron chi connectivity index (χ2n) is 4.64. The Balaban J connectivity index is 2.06. The summed E-state index contributed by atoms with van der Waals surface area (Å²) in [6.07, 6.45) is 0. The number of amides is 1. The van der Waals surface area contributed by atoms with Crippen molar-refractivity contribution in [1.29, 1.82) is 0 Å². The summed E-state index contributed by atoms with van der Waals surface area (Å²) < 4.78 is 10.4. The van der Waals surface area contributed by atoms with E-state index in [4.69, 9.17) is 44.9 Å². The maximum atomic E-state index is 12.2. The molecule has 1 amide bonds. The molecule has 0 aliphatic heterocycles. The Kier molecular flexibility index (Phi) is 6.25. The molecule has 0 atom stereocenters. The highest BCUT2D eigenvalue weighted by Crippen LogP contribution is 2.29. The fourth-order valence-electron chi connectivity index (χ4n) is 1.94. The van der Waals surface area contributed by atoms with Gasteiger partial charge in [0.15, 0.2) is 16.6 Å². The average molecular weight is 385 g/mol. The van der Waals surface area contributed by atoms with Crippen molar-refractivity contribution in [2.24, 2.45) is 0 Å². The van der Waals surface area contributed by atoms with Crippen molar-refractivity contribution in [2.75, 3.05) is 19.5 Å². The Labute approximate surface area is 154 Å². The van der Waals surface area contributed by atoms with Gasteiger partial charge in [-0.15, -0.1) is 0 Å². The quantitative estimate of drug-likeness (QED) is 0.775. The Morgan fingerprint density at radius 3 is 2.21 bits per heavy atom. The number of thiocarbonyl (C=S) groups is 1. The van der Waals surface area contributed by atoms with Crippen LogP contribution in [0, 0.1) is 0 Å². The summed E-state index contributed by atoms with van der Waals surface area (Å²) >= 11 is 16.9. The Morgan fingerprint density at radius 2 is 1.62 bits per heavy atom. The van der Waals surface area contributed by atoms with E-state index >= 15 is 0 Å². The number of nitrogens with one attached hydrogen (secondary N) is 2. The number of ether oxygens (including phenoxy) is 2. The van der Waals surface area contributed by atoms with Gasteiger partial charge in [-0.25, -0.2) is 0 Å². The second-order valence-corrected chi connectivity index (χ2v) is 5.92. The second kappa shape index (κ2) is 8.19. The van der Waals surface area contributed by atoms with E-state index in [9.17, 15) is 4.79 Å². The van der Waals surface area contributed by atoms with Crippen LogP contribution in [0.15, 0.2) is 36.4 Å². The number of carbonyl (C=O) groups excluding carboxylic acids is 1. The molecule has 2 aromatic rings. The number of hydrogen-bond acceptors (Lipinski definition) is 4. The molecule has 0 fully saturated rings. The summed E-state index contributed by atoms with van der Waals surface area (Å²) in [6.45, 7) is 0. The van der Waals surface area contributed by atoms with Crippen molar-refractivity contribution in [3.05, 3.63) is 52.0 Å². The van der Waals surface area contributed by atoms with Crippen LogP contribution in [0.2, 0.25) is 10.0 Å².